The third kappa shape index (κ3) is 5.19. The van der Waals surface area contributed by atoms with Gasteiger partial charge in [0.25, 0.3) is 0 Å². The maximum atomic E-state index is 13.8. The summed E-state index contributed by atoms with van der Waals surface area (Å²) in [6.45, 7) is 0. The van der Waals surface area contributed by atoms with Crippen molar-refractivity contribution in [3.8, 4) is 0 Å². The lowest BCUT2D eigenvalue weighted by Crippen LogP contribution is -2.30. The summed E-state index contributed by atoms with van der Waals surface area (Å²) in [5.74, 6) is 0.578. The highest BCUT2D eigenvalue weighted by Gasteiger charge is 2.12. The molecular formula is C16H16Cl2FNS. The van der Waals surface area contributed by atoms with Crippen LogP contribution in [0.5, 0.6) is 0 Å². The van der Waals surface area contributed by atoms with Crippen LogP contribution in [-0.4, -0.2) is 18.8 Å². The average Bonchev–Trinajstić information content (AvgIpc) is 2.45. The molecule has 0 saturated carbocycles. The predicted molar refractivity (Wildman–Crippen MR) is 90.1 cm³/mol. The topological polar surface area (TPSA) is 12.0 Å². The Morgan fingerprint density at radius 3 is 2.57 bits per heavy atom. The molecule has 0 amide bonds. The summed E-state index contributed by atoms with van der Waals surface area (Å²) < 4.78 is 13.8. The summed E-state index contributed by atoms with van der Waals surface area (Å²) >= 11 is 13.4. The second kappa shape index (κ2) is 8.04. The summed E-state index contributed by atoms with van der Waals surface area (Å²) in [6.07, 6.45) is 0.618. The first-order valence-electron chi connectivity index (χ1n) is 6.58. The number of rotatable bonds is 6. The highest BCUT2D eigenvalue weighted by atomic mass is 35.5. The van der Waals surface area contributed by atoms with Crippen LogP contribution in [0.15, 0.2) is 47.4 Å². The van der Waals surface area contributed by atoms with Gasteiger partial charge < -0.3 is 5.32 Å². The lowest BCUT2D eigenvalue weighted by Gasteiger charge is -2.16. The third-order valence-corrected chi connectivity index (χ3v) is 4.76. The largest absolute Gasteiger partial charge is 0.316 e. The Labute approximate surface area is 138 Å². The van der Waals surface area contributed by atoms with E-state index in [-0.39, 0.29) is 11.9 Å². The zero-order chi connectivity index (χ0) is 15.2. The van der Waals surface area contributed by atoms with Gasteiger partial charge in [-0.15, -0.1) is 11.8 Å². The van der Waals surface area contributed by atoms with Crippen molar-refractivity contribution >= 4 is 35.0 Å². The number of hydrogen-bond donors (Lipinski definition) is 1. The number of likely N-dealkylation sites (N-methyl/N-ethyl adjacent to an activating group) is 1. The van der Waals surface area contributed by atoms with Crippen molar-refractivity contribution < 1.29 is 4.39 Å². The maximum Gasteiger partial charge on any atom is 0.127 e. The Kier molecular flexibility index (Phi) is 6.37. The van der Waals surface area contributed by atoms with E-state index in [9.17, 15) is 4.39 Å². The van der Waals surface area contributed by atoms with E-state index in [2.05, 4.69) is 5.32 Å². The quantitative estimate of drug-likeness (QED) is 0.736. The Bertz CT molecular complexity index is 607. The second-order valence-corrected chi connectivity index (χ2v) is 6.66. The molecule has 0 heterocycles. The number of halogens is 3. The van der Waals surface area contributed by atoms with Crippen LogP contribution in [-0.2, 0) is 6.42 Å². The molecule has 5 heteroatoms. The van der Waals surface area contributed by atoms with Gasteiger partial charge in [0.2, 0.25) is 0 Å². The van der Waals surface area contributed by atoms with Crippen molar-refractivity contribution in [2.24, 2.45) is 0 Å². The number of nitrogens with one attached hydrogen (secondary N) is 1. The lowest BCUT2D eigenvalue weighted by molar-refractivity contribution is 0.568. The summed E-state index contributed by atoms with van der Waals surface area (Å²) in [7, 11) is 1.89. The zero-order valence-electron chi connectivity index (χ0n) is 11.6. The van der Waals surface area contributed by atoms with Gasteiger partial charge in [0.1, 0.15) is 5.82 Å². The first-order valence-corrected chi connectivity index (χ1v) is 8.32. The molecule has 0 saturated heterocycles. The van der Waals surface area contributed by atoms with Crippen molar-refractivity contribution in [1.82, 2.24) is 5.32 Å². The first kappa shape index (κ1) is 16.6. The summed E-state index contributed by atoms with van der Waals surface area (Å²) in [5, 5.41) is 4.37. The van der Waals surface area contributed by atoms with Crippen LogP contribution >= 0.6 is 35.0 Å². The Hall–Kier alpha value is -0.740. The normalized spacial score (nSPS) is 12.4. The third-order valence-electron chi connectivity index (χ3n) is 3.14. The molecule has 2 aromatic carbocycles. The van der Waals surface area contributed by atoms with Crippen LogP contribution in [0.25, 0.3) is 0 Å². The fourth-order valence-corrected chi connectivity index (χ4v) is 3.43. The minimum absolute atomic E-state index is 0.171. The van der Waals surface area contributed by atoms with E-state index in [1.807, 2.05) is 31.3 Å². The van der Waals surface area contributed by atoms with Crippen LogP contribution in [0, 0.1) is 5.82 Å². The van der Waals surface area contributed by atoms with Crippen LogP contribution in [0.4, 0.5) is 4.39 Å². The van der Waals surface area contributed by atoms with Crippen molar-refractivity contribution in [3.63, 3.8) is 0 Å². The molecule has 1 nitrogen and oxygen atoms in total. The molecule has 2 rings (SSSR count). The highest BCUT2D eigenvalue weighted by molar-refractivity contribution is 7.99. The van der Waals surface area contributed by atoms with Gasteiger partial charge in [-0.2, -0.15) is 0 Å². The van der Waals surface area contributed by atoms with Gasteiger partial charge >= 0.3 is 0 Å². The number of benzene rings is 2. The molecule has 0 fully saturated rings. The van der Waals surface area contributed by atoms with E-state index in [1.54, 1.807) is 23.9 Å². The van der Waals surface area contributed by atoms with Crippen LogP contribution in [0.2, 0.25) is 10.0 Å². The number of thioether (sulfide) groups is 1. The monoisotopic (exact) mass is 343 g/mol. The molecule has 21 heavy (non-hydrogen) atoms. The van der Waals surface area contributed by atoms with Crippen molar-refractivity contribution in [2.75, 3.05) is 12.8 Å². The molecule has 2 aromatic rings. The van der Waals surface area contributed by atoms with E-state index in [4.69, 9.17) is 23.2 Å². The summed E-state index contributed by atoms with van der Waals surface area (Å²) in [5.41, 5.74) is 0.672. The van der Waals surface area contributed by atoms with Crippen LogP contribution < -0.4 is 5.32 Å². The molecule has 0 aliphatic carbocycles. The Balaban J connectivity index is 1.97. The Morgan fingerprint density at radius 2 is 1.90 bits per heavy atom. The fraction of sp³-hybridized carbons (Fsp3) is 0.250. The SMILES string of the molecule is CNC(CSc1cccc(Cl)c1)Cc1ccc(Cl)cc1F. The van der Waals surface area contributed by atoms with Gasteiger partial charge in [-0.05, 0) is 49.4 Å². The molecule has 1 unspecified atom stereocenters. The predicted octanol–water partition coefficient (Wildman–Crippen LogP) is 5.06. The molecule has 0 aromatic heterocycles. The Morgan fingerprint density at radius 1 is 1.14 bits per heavy atom. The average molecular weight is 344 g/mol. The molecule has 0 spiro atoms. The van der Waals surface area contributed by atoms with Crippen molar-refractivity contribution in [1.29, 1.82) is 0 Å². The van der Waals surface area contributed by atoms with E-state index in [0.717, 1.165) is 15.7 Å². The minimum Gasteiger partial charge on any atom is -0.316 e. The lowest BCUT2D eigenvalue weighted by atomic mass is 10.1. The molecule has 0 bridgehead atoms. The van der Waals surface area contributed by atoms with Gasteiger partial charge in [0, 0.05) is 26.7 Å². The van der Waals surface area contributed by atoms with Gasteiger partial charge in [-0.3, -0.25) is 0 Å². The zero-order valence-corrected chi connectivity index (χ0v) is 13.9. The molecule has 0 aliphatic rings. The van der Waals surface area contributed by atoms with Crippen LogP contribution in [0.3, 0.4) is 0 Å². The van der Waals surface area contributed by atoms with E-state index in [0.29, 0.717) is 17.0 Å². The smallest absolute Gasteiger partial charge is 0.127 e. The van der Waals surface area contributed by atoms with Crippen LogP contribution in [0.1, 0.15) is 5.56 Å². The van der Waals surface area contributed by atoms with Gasteiger partial charge in [0.15, 0.2) is 0 Å². The number of hydrogen-bond acceptors (Lipinski definition) is 2. The van der Waals surface area contributed by atoms with Crippen molar-refractivity contribution in [3.05, 3.63) is 63.9 Å². The van der Waals surface area contributed by atoms with E-state index in [1.165, 1.54) is 6.07 Å². The summed E-state index contributed by atoms with van der Waals surface area (Å²) in [4.78, 5) is 1.11. The molecule has 0 aliphatic heterocycles. The maximum absolute atomic E-state index is 13.8. The molecule has 112 valence electrons. The summed E-state index contributed by atoms with van der Waals surface area (Å²) in [6, 6.07) is 12.7. The van der Waals surface area contributed by atoms with Gasteiger partial charge in [0.05, 0.1) is 0 Å². The van der Waals surface area contributed by atoms with Gasteiger partial charge in [-0.1, -0.05) is 35.3 Å². The fourth-order valence-electron chi connectivity index (χ4n) is 1.95. The highest BCUT2D eigenvalue weighted by Crippen LogP contribution is 2.23. The van der Waals surface area contributed by atoms with E-state index >= 15 is 0 Å². The molecule has 1 atom stereocenters. The van der Waals surface area contributed by atoms with Gasteiger partial charge in [-0.25, -0.2) is 4.39 Å². The van der Waals surface area contributed by atoms with Crippen molar-refractivity contribution in [2.45, 2.75) is 17.4 Å². The molecule has 1 N–H and O–H groups in total. The second-order valence-electron chi connectivity index (χ2n) is 4.69. The minimum atomic E-state index is -0.254. The standard InChI is InChI=1S/C16H16Cl2FNS/c1-20-14(7-11-5-6-13(18)9-16(11)19)10-21-15-4-2-3-12(17)8-15/h2-6,8-9,14,20H,7,10H2,1H3. The molecular weight excluding hydrogens is 328 g/mol. The molecule has 0 radical (unpaired) electrons. The van der Waals surface area contributed by atoms with E-state index < -0.39 is 0 Å². The first-order chi connectivity index (χ1) is 10.1.